The zero-order chi connectivity index (χ0) is 15.3. The van der Waals surface area contributed by atoms with Gasteiger partial charge in [0.1, 0.15) is 0 Å². The molecule has 21 heavy (non-hydrogen) atoms. The molecule has 1 saturated heterocycles. The van der Waals surface area contributed by atoms with Gasteiger partial charge in [-0.15, -0.1) is 0 Å². The number of hydrogen-bond donors (Lipinski definition) is 1. The fraction of sp³-hybridized carbons (Fsp3) is 0.722. The molecular weight excluding hydrogens is 258 g/mol. The van der Waals surface area contributed by atoms with Gasteiger partial charge in [0.25, 0.3) is 0 Å². The lowest BCUT2D eigenvalue weighted by atomic mass is 9.85. The van der Waals surface area contributed by atoms with Crippen LogP contribution in [0.3, 0.4) is 0 Å². The van der Waals surface area contributed by atoms with Gasteiger partial charge in [0.05, 0.1) is 5.69 Å². The highest BCUT2D eigenvalue weighted by molar-refractivity contribution is 5.46. The predicted molar refractivity (Wildman–Crippen MR) is 90.6 cm³/mol. The fourth-order valence-electron chi connectivity index (χ4n) is 2.93. The first-order chi connectivity index (χ1) is 9.96. The summed E-state index contributed by atoms with van der Waals surface area (Å²) in [6.07, 6.45) is 5.85. The van der Waals surface area contributed by atoms with Crippen molar-refractivity contribution in [2.24, 2.45) is 11.3 Å². The lowest BCUT2D eigenvalue weighted by Gasteiger charge is -2.25. The Bertz CT molecular complexity index is 440. The number of anilines is 1. The van der Waals surface area contributed by atoms with E-state index >= 15 is 0 Å². The second-order valence-electron chi connectivity index (χ2n) is 7.53. The molecule has 0 spiro atoms. The van der Waals surface area contributed by atoms with Crippen LogP contribution in [0.5, 0.6) is 0 Å². The van der Waals surface area contributed by atoms with Crippen LogP contribution in [0, 0.1) is 11.3 Å². The highest BCUT2D eigenvalue weighted by Gasteiger charge is 2.23. The van der Waals surface area contributed by atoms with Crippen LogP contribution in [0.25, 0.3) is 0 Å². The molecule has 1 N–H and O–H groups in total. The van der Waals surface area contributed by atoms with Crippen molar-refractivity contribution in [3.63, 3.8) is 0 Å². The van der Waals surface area contributed by atoms with E-state index in [0.717, 1.165) is 25.3 Å². The van der Waals surface area contributed by atoms with Crippen LogP contribution in [0.4, 0.5) is 5.69 Å². The van der Waals surface area contributed by atoms with Gasteiger partial charge in [0.15, 0.2) is 0 Å². The molecule has 3 nitrogen and oxygen atoms in total. The average Bonchev–Trinajstić information content (AvgIpc) is 2.60. The summed E-state index contributed by atoms with van der Waals surface area (Å²) >= 11 is 0. The molecule has 0 radical (unpaired) electrons. The molecule has 3 heteroatoms. The van der Waals surface area contributed by atoms with Crippen molar-refractivity contribution in [2.45, 2.75) is 53.5 Å². The molecule has 1 fully saturated rings. The van der Waals surface area contributed by atoms with Gasteiger partial charge in [-0.1, -0.05) is 27.7 Å². The highest BCUT2D eigenvalue weighted by atomic mass is 15.1. The maximum atomic E-state index is 4.49. The number of nitrogens with one attached hydrogen (secondary N) is 1. The normalized spacial score (nSPS) is 18.8. The third-order valence-corrected chi connectivity index (χ3v) is 4.36. The van der Waals surface area contributed by atoms with Crippen molar-refractivity contribution in [3.8, 4) is 0 Å². The van der Waals surface area contributed by atoms with Crippen LogP contribution >= 0.6 is 0 Å². The quantitative estimate of drug-likeness (QED) is 0.892. The van der Waals surface area contributed by atoms with Crippen molar-refractivity contribution >= 4 is 5.69 Å². The Morgan fingerprint density at radius 2 is 2.10 bits per heavy atom. The van der Waals surface area contributed by atoms with Crippen LogP contribution in [-0.2, 0) is 6.54 Å². The first-order valence-corrected chi connectivity index (χ1v) is 8.37. The van der Waals surface area contributed by atoms with Crippen LogP contribution in [0.15, 0.2) is 18.3 Å². The number of nitrogens with zero attached hydrogens (tertiary/aromatic N) is 2. The first kappa shape index (κ1) is 16.3. The maximum absolute atomic E-state index is 4.49. The van der Waals surface area contributed by atoms with Crippen LogP contribution in [0.1, 0.15) is 52.7 Å². The van der Waals surface area contributed by atoms with Crippen molar-refractivity contribution < 1.29 is 0 Å². The molecule has 1 aromatic heterocycles. The topological polar surface area (TPSA) is 28.2 Å². The van der Waals surface area contributed by atoms with Crippen molar-refractivity contribution in [1.82, 2.24) is 10.3 Å². The van der Waals surface area contributed by atoms with E-state index in [9.17, 15) is 0 Å². The summed E-state index contributed by atoms with van der Waals surface area (Å²) in [6, 6.07) is 4.41. The largest absolute Gasteiger partial charge is 0.371 e. The minimum absolute atomic E-state index is 0.490. The molecule has 0 amide bonds. The van der Waals surface area contributed by atoms with Gasteiger partial charge in [-0.3, -0.25) is 4.98 Å². The van der Waals surface area contributed by atoms with Gasteiger partial charge < -0.3 is 10.2 Å². The molecule has 0 aliphatic carbocycles. The Kier molecular flexibility index (Phi) is 5.63. The van der Waals surface area contributed by atoms with E-state index in [2.05, 4.69) is 55.0 Å². The monoisotopic (exact) mass is 289 g/mol. The van der Waals surface area contributed by atoms with E-state index in [0.29, 0.717) is 11.3 Å². The molecule has 0 saturated carbocycles. The molecule has 1 aromatic rings. The van der Waals surface area contributed by atoms with Crippen molar-refractivity contribution in [2.75, 3.05) is 24.5 Å². The summed E-state index contributed by atoms with van der Waals surface area (Å²) in [5.41, 5.74) is 2.98. The molecule has 0 bridgehead atoms. The molecule has 118 valence electrons. The highest BCUT2D eigenvalue weighted by Crippen LogP contribution is 2.31. The molecular formula is C18H31N3. The summed E-state index contributed by atoms with van der Waals surface area (Å²) in [5.74, 6) is 0.682. The Labute approximate surface area is 130 Å². The standard InChI is InChI=1S/C18H31N3/c1-15(2)13-19-14-16-12-17(6-9-20-16)21-10-5-7-18(3,4)8-11-21/h6,9,12,15,19H,5,7-8,10-11,13-14H2,1-4H3. The summed E-state index contributed by atoms with van der Waals surface area (Å²) in [7, 11) is 0. The third-order valence-electron chi connectivity index (χ3n) is 4.36. The van der Waals surface area contributed by atoms with Gasteiger partial charge in [0.2, 0.25) is 0 Å². The van der Waals surface area contributed by atoms with E-state index in [1.165, 1.54) is 31.5 Å². The predicted octanol–water partition coefficient (Wildman–Crippen LogP) is 3.84. The molecule has 1 aliphatic heterocycles. The van der Waals surface area contributed by atoms with E-state index in [4.69, 9.17) is 0 Å². The number of pyridine rings is 1. The lowest BCUT2D eigenvalue weighted by molar-refractivity contribution is 0.325. The molecule has 0 unspecified atom stereocenters. The second-order valence-corrected chi connectivity index (χ2v) is 7.53. The molecule has 0 atom stereocenters. The number of aromatic nitrogens is 1. The second kappa shape index (κ2) is 7.26. The summed E-state index contributed by atoms with van der Waals surface area (Å²) in [5, 5.41) is 3.48. The smallest absolute Gasteiger partial charge is 0.0562 e. The summed E-state index contributed by atoms with van der Waals surface area (Å²) in [4.78, 5) is 7.02. The molecule has 0 aromatic carbocycles. The van der Waals surface area contributed by atoms with Gasteiger partial charge in [0, 0.05) is 31.5 Å². The lowest BCUT2D eigenvalue weighted by Crippen LogP contribution is -2.25. The Balaban J connectivity index is 1.96. The summed E-state index contributed by atoms with van der Waals surface area (Å²) < 4.78 is 0. The van der Waals surface area contributed by atoms with Gasteiger partial charge in [-0.25, -0.2) is 0 Å². The maximum Gasteiger partial charge on any atom is 0.0562 e. The van der Waals surface area contributed by atoms with E-state index in [1.54, 1.807) is 0 Å². The minimum atomic E-state index is 0.490. The minimum Gasteiger partial charge on any atom is -0.371 e. The SMILES string of the molecule is CC(C)CNCc1cc(N2CCCC(C)(C)CC2)ccn1. The molecule has 2 heterocycles. The van der Waals surface area contributed by atoms with E-state index < -0.39 is 0 Å². The van der Waals surface area contributed by atoms with Gasteiger partial charge in [-0.2, -0.15) is 0 Å². The Morgan fingerprint density at radius 1 is 1.29 bits per heavy atom. The van der Waals surface area contributed by atoms with E-state index in [-0.39, 0.29) is 0 Å². The van der Waals surface area contributed by atoms with Crippen LogP contribution < -0.4 is 10.2 Å². The fourth-order valence-corrected chi connectivity index (χ4v) is 2.93. The van der Waals surface area contributed by atoms with Crippen LogP contribution in [-0.4, -0.2) is 24.6 Å². The number of rotatable bonds is 5. The average molecular weight is 289 g/mol. The van der Waals surface area contributed by atoms with Crippen LogP contribution in [0.2, 0.25) is 0 Å². The van der Waals surface area contributed by atoms with E-state index in [1.807, 2.05) is 6.20 Å². The third kappa shape index (κ3) is 5.31. The first-order valence-electron chi connectivity index (χ1n) is 8.37. The molecule has 2 rings (SSSR count). The Morgan fingerprint density at radius 3 is 2.86 bits per heavy atom. The van der Waals surface area contributed by atoms with Crippen molar-refractivity contribution in [1.29, 1.82) is 0 Å². The van der Waals surface area contributed by atoms with Gasteiger partial charge >= 0.3 is 0 Å². The zero-order valence-corrected chi connectivity index (χ0v) is 14.2. The van der Waals surface area contributed by atoms with Gasteiger partial charge in [-0.05, 0) is 49.3 Å². The zero-order valence-electron chi connectivity index (χ0n) is 14.2. The van der Waals surface area contributed by atoms with Crippen molar-refractivity contribution in [3.05, 3.63) is 24.0 Å². The summed E-state index contributed by atoms with van der Waals surface area (Å²) in [6.45, 7) is 13.5. The number of hydrogen-bond acceptors (Lipinski definition) is 3. The Hall–Kier alpha value is -1.09. The molecule has 1 aliphatic rings.